The van der Waals surface area contributed by atoms with Crippen molar-refractivity contribution in [2.24, 2.45) is 5.73 Å². The molecule has 0 radical (unpaired) electrons. The molecule has 0 amide bonds. The number of esters is 1. The van der Waals surface area contributed by atoms with Gasteiger partial charge in [0.05, 0.1) is 24.7 Å². The average Bonchev–Trinajstić information content (AvgIpc) is 2.31. The highest BCUT2D eigenvalue weighted by molar-refractivity contribution is 5.72. The summed E-state index contributed by atoms with van der Waals surface area (Å²) < 4.78 is 18.3. The zero-order chi connectivity index (χ0) is 12.8. The van der Waals surface area contributed by atoms with Crippen molar-refractivity contribution in [2.45, 2.75) is 19.9 Å². The summed E-state index contributed by atoms with van der Waals surface area (Å²) in [6.45, 7) is 2.05. The first-order chi connectivity index (χ1) is 8.12. The van der Waals surface area contributed by atoms with Crippen LogP contribution >= 0.6 is 0 Å². The summed E-state index contributed by atoms with van der Waals surface area (Å²) in [6, 6.07) is 4.39. The van der Waals surface area contributed by atoms with Crippen LogP contribution in [0.5, 0.6) is 0 Å². The molecule has 0 fully saturated rings. The van der Waals surface area contributed by atoms with E-state index in [2.05, 4.69) is 0 Å². The van der Waals surface area contributed by atoms with Crippen molar-refractivity contribution >= 4 is 5.97 Å². The minimum absolute atomic E-state index is 0.124. The standard InChI is InChI=1S/C12H13FN2O2/c1-2-17-12(16)5-8-3-9(6-14)10(7-15)4-11(8)13/h3-4H,2,5-6,14H2,1H3. The molecule has 2 N–H and O–H groups in total. The quantitative estimate of drug-likeness (QED) is 0.798. The van der Waals surface area contributed by atoms with Gasteiger partial charge in [-0.15, -0.1) is 0 Å². The monoisotopic (exact) mass is 236 g/mol. The van der Waals surface area contributed by atoms with E-state index >= 15 is 0 Å². The number of ether oxygens (including phenoxy) is 1. The highest BCUT2D eigenvalue weighted by Gasteiger charge is 2.12. The maximum absolute atomic E-state index is 13.6. The minimum atomic E-state index is -0.591. The van der Waals surface area contributed by atoms with Crippen LogP contribution in [0.15, 0.2) is 12.1 Å². The molecule has 0 bridgehead atoms. The summed E-state index contributed by atoms with van der Waals surface area (Å²) in [6.07, 6.45) is -0.154. The first-order valence-electron chi connectivity index (χ1n) is 5.19. The Morgan fingerprint density at radius 3 is 2.76 bits per heavy atom. The number of halogens is 1. The van der Waals surface area contributed by atoms with Gasteiger partial charge >= 0.3 is 5.97 Å². The van der Waals surface area contributed by atoms with Gasteiger partial charge in [0.15, 0.2) is 0 Å². The second kappa shape index (κ2) is 5.97. The second-order valence-electron chi connectivity index (χ2n) is 3.40. The number of nitriles is 1. The lowest BCUT2D eigenvalue weighted by Gasteiger charge is -2.07. The van der Waals surface area contributed by atoms with Crippen molar-refractivity contribution in [3.05, 3.63) is 34.6 Å². The van der Waals surface area contributed by atoms with Crippen LogP contribution in [0.25, 0.3) is 0 Å². The summed E-state index contributed by atoms with van der Waals surface area (Å²) in [5.74, 6) is -1.09. The first-order valence-corrected chi connectivity index (χ1v) is 5.19. The van der Waals surface area contributed by atoms with Crippen molar-refractivity contribution in [3.63, 3.8) is 0 Å². The molecular formula is C12H13FN2O2. The molecule has 0 atom stereocenters. The fraction of sp³-hybridized carbons (Fsp3) is 0.333. The lowest BCUT2D eigenvalue weighted by Crippen LogP contribution is -2.10. The normalized spacial score (nSPS) is 9.76. The Bertz CT molecular complexity index is 466. The van der Waals surface area contributed by atoms with Crippen molar-refractivity contribution in [3.8, 4) is 6.07 Å². The van der Waals surface area contributed by atoms with E-state index in [0.717, 1.165) is 6.07 Å². The molecule has 1 rings (SSSR count). The third kappa shape index (κ3) is 3.26. The first kappa shape index (κ1) is 13.1. The lowest BCUT2D eigenvalue weighted by atomic mass is 10.0. The van der Waals surface area contributed by atoms with Gasteiger partial charge < -0.3 is 10.5 Å². The molecule has 0 aliphatic rings. The molecule has 0 aliphatic heterocycles. The molecule has 17 heavy (non-hydrogen) atoms. The van der Waals surface area contributed by atoms with Crippen LogP contribution < -0.4 is 5.73 Å². The van der Waals surface area contributed by atoms with Crippen LogP contribution in [0.4, 0.5) is 4.39 Å². The maximum Gasteiger partial charge on any atom is 0.310 e. The van der Waals surface area contributed by atoms with Gasteiger partial charge in [0, 0.05) is 6.54 Å². The molecular weight excluding hydrogens is 223 g/mol. The van der Waals surface area contributed by atoms with Crippen molar-refractivity contribution < 1.29 is 13.9 Å². The van der Waals surface area contributed by atoms with Crippen LogP contribution in [-0.2, 0) is 22.5 Å². The largest absolute Gasteiger partial charge is 0.466 e. The molecule has 1 aromatic rings. The van der Waals surface area contributed by atoms with Gasteiger partial charge in [-0.2, -0.15) is 5.26 Å². The molecule has 0 spiro atoms. The molecule has 0 unspecified atom stereocenters. The third-order valence-electron chi connectivity index (χ3n) is 2.25. The molecule has 0 heterocycles. The Labute approximate surface area is 98.8 Å². The van der Waals surface area contributed by atoms with Crippen molar-refractivity contribution in [1.82, 2.24) is 0 Å². The highest BCUT2D eigenvalue weighted by Crippen LogP contribution is 2.16. The number of nitrogens with zero attached hydrogens (tertiary/aromatic N) is 1. The van der Waals surface area contributed by atoms with Crippen molar-refractivity contribution in [2.75, 3.05) is 6.61 Å². The van der Waals surface area contributed by atoms with E-state index < -0.39 is 11.8 Å². The summed E-state index contributed by atoms with van der Waals surface area (Å²) in [4.78, 5) is 11.2. The smallest absolute Gasteiger partial charge is 0.310 e. The van der Waals surface area contributed by atoms with Crippen LogP contribution in [0.3, 0.4) is 0 Å². The third-order valence-corrected chi connectivity index (χ3v) is 2.25. The Balaban J connectivity index is 3.01. The molecule has 0 aromatic heterocycles. The summed E-state index contributed by atoms with van der Waals surface area (Å²) >= 11 is 0. The second-order valence-corrected chi connectivity index (χ2v) is 3.40. The Kier molecular flexibility index (Phi) is 4.61. The van der Waals surface area contributed by atoms with E-state index in [1.807, 2.05) is 6.07 Å². The Hall–Kier alpha value is -1.93. The molecule has 0 aliphatic carbocycles. The number of hydrogen-bond donors (Lipinski definition) is 1. The van der Waals surface area contributed by atoms with E-state index in [1.165, 1.54) is 6.07 Å². The molecule has 4 nitrogen and oxygen atoms in total. The number of nitrogens with two attached hydrogens (primary N) is 1. The van der Waals surface area contributed by atoms with E-state index in [0.29, 0.717) is 5.56 Å². The fourth-order valence-corrected chi connectivity index (χ4v) is 1.45. The highest BCUT2D eigenvalue weighted by atomic mass is 19.1. The zero-order valence-corrected chi connectivity index (χ0v) is 9.50. The molecule has 0 saturated carbocycles. The van der Waals surface area contributed by atoms with Crippen LogP contribution in [0.2, 0.25) is 0 Å². The Morgan fingerprint density at radius 2 is 2.24 bits per heavy atom. The number of benzene rings is 1. The molecule has 0 saturated heterocycles. The van der Waals surface area contributed by atoms with Gasteiger partial charge in [0.1, 0.15) is 5.82 Å². The van der Waals surface area contributed by atoms with E-state index in [1.54, 1.807) is 6.92 Å². The maximum atomic E-state index is 13.6. The summed E-state index contributed by atoms with van der Waals surface area (Å²) in [5, 5.41) is 8.77. The van der Waals surface area contributed by atoms with Gasteiger partial charge in [-0.05, 0) is 30.2 Å². The SMILES string of the molecule is CCOC(=O)Cc1cc(CN)c(C#N)cc1F. The van der Waals surface area contributed by atoms with Crippen LogP contribution in [0.1, 0.15) is 23.6 Å². The summed E-state index contributed by atoms with van der Waals surface area (Å²) in [7, 11) is 0. The number of carbonyl (C=O) groups is 1. The molecule has 90 valence electrons. The summed E-state index contributed by atoms with van der Waals surface area (Å²) in [5.41, 5.74) is 6.36. The van der Waals surface area contributed by atoms with Gasteiger partial charge in [-0.25, -0.2) is 4.39 Å². The molecule has 5 heteroatoms. The van der Waals surface area contributed by atoms with Gasteiger partial charge in [0.2, 0.25) is 0 Å². The zero-order valence-electron chi connectivity index (χ0n) is 9.50. The predicted octanol–water partition coefficient (Wildman–Crippen LogP) is 1.26. The van der Waals surface area contributed by atoms with E-state index in [-0.39, 0.29) is 30.7 Å². The van der Waals surface area contributed by atoms with E-state index in [4.69, 9.17) is 15.7 Å². The van der Waals surface area contributed by atoms with E-state index in [9.17, 15) is 9.18 Å². The Morgan fingerprint density at radius 1 is 1.53 bits per heavy atom. The average molecular weight is 236 g/mol. The van der Waals surface area contributed by atoms with Gasteiger partial charge in [0.25, 0.3) is 0 Å². The fourth-order valence-electron chi connectivity index (χ4n) is 1.45. The van der Waals surface area contributed by atoms with Gasteiger partial charge in [-0.1, -0.05) is 0 Å². The van der Waals surface area contributed by atoms with Crippen LogP contribution in [-0.4, -0.2) is 12.6 Å². The predicted molar refractivity (Wildman–Crippen MR) is 59.3 cm³/mol. The molecule has 1 aromatic carbocycles. The topological polar surface area (TPSA) is 76.1 Å². The van der Waals surface area contributed by atoms with Crippen molar-refractivity contribution in [1.29, 1.82) is 5.26 Å². The number of hydrogen-bond acceptors (Lipinski definition) is 4. The van der Waals surface area contributed by atoms with Crippen LogP contribution in [0, 0.1) is 17.1 Å². The number of rotatable bonds is 4. The number of carbonyl (C=O) groups excluding carboxylic acids is 1. The lowest BCUT2D eigenvalue weighted by molar-refractivity contribution is -0.142. The minimum Gasteiger partial charge on any atom is -0.466 e. The van der Waals surface area contributed by atoms with Gasteiger partial charge in [-0.3, -0.25) is 4.79 Å².